The number of aromatic nitrogens is 2. The van der Waals surface area contributed by atoms with Crippen molar-refractivity contribution in [3.63, 3.8) is 0 Å². The van der Waals surface area contributed by atoms with Crippen LogP contribution in [0, 0.1) is 11.3 Å². The van der Waals surface area contributed by atoms with Gasteiger partial charge in [0.2, 0.25) is 0 Å². The number of phenols is 2. The van der Waals surface area contributed by atoms with E-state index in [9.17, 15) is 10.2 Å². The number of nitrogens with one attached hydrogen (secondary N) is 2. The third-order valence-corrected chi connectivity index (χ3v) is 4.35. The maximum atomic E-state index is 10.0. The van der Waals surface area contributed by atoms with Gasteiger partial charge in [0.25, 0.3) is 0 Å². The fraction of sp³-hybridized carbons (Fsp3) is 0. The molecule has 0 amide bonds. The Morgan fingerprint density at radius 2 is 1.57 bits per heavy atom. The van der Waals surface area contributed by atoms with Crippen molar-refractivity contribution >= 4 is 11.5 Å². The maximum Gasteiger partial charge on any atom is 0.152 e. The van der Waals surface area contributed by atoms with Gasteiger partial charge in [-0.2, -0.15) is 10.4 Å². The number of phenolic OH excluding ortho intramolecular Hbond substituents is 2. The van der Waals surface area contributed by atoms with Gasteiger partial charge >= 0.3 is 0 Å². The zero-order valence-corrected chi connectivity index (χ0v) is 14.7. The Morgan fingerprint density at radius 3 is 2.25 bits per heavy atom. The molecule has 0 unspecified atom stereocenters. The first-order chi connectivity index (χ1) is 13.6. The Balaban J connectivity index is 1.52. The summed E-state index contributed by atoms with van der Waals surface area (Å²) >= 11 is 0. The van der Waals surface area contributed by atoms with Crippen LogP contribution in [0.25, 0.3) is 22.4 Å². The van der Waals surface area contributed by atoms with Gasteiger partial charge in [0.05, 0.1) is 17.3 Å². The van der Waals surface area contributed by atoms with E-state index in [4.69, 9.17) is 5.26 Å². The Hall–Kier alpha value is -4.24. The van der Waals surface area contributed by atoms with Crippen LogP contribution in [-0.2, 0) is 0 Å². The molecule has 28 heavy (non-hydrogen) atoms. The summed E-state index contributed by atoms with van der Waals surface area (Å²) in [6.07, 6.45) is 0. The molecule has 4 N–H and O–H groups in total. The molecule has 6 heteroatoms. The number of aromatic hydroxyl groups is 2. The summed E-state index contributed by atoms with van der Waals surface area (Å²) in [5, 5.41) is 38.7. The van der Waals surface area contributed by atoms with Crippen molar-refractivity contribution in [1.82, 2.24) is 10.2 Å². The lowest BCUT2D eigenvalue weighted by Crippen LogP contribution is -1.90. The number of aromatic amines is 1. The smallest absolute Gasteiger partial charge is 0.152 e. The van der Waals surface area contributed by atoms with Gasteiger partial charge in [0.1, 0.15) is 11.5 Å². The summed E-state index contributed by atoms with van der Waals surface area (Å²) in [5.41, 5.74) is 4.73. The first kappa shape index (κ1) is 17.2. The van der Waals surface area contributed by atoms with Crippen molar-refractivity contribution in [1.29, 1.82) is 5.26 Å². The van der Waals surface area contributed by atoms with Gasteiger partial charge in [0.15, 0.2) is 5.82 Å². The molecule has 0 bridgehead atoms. The zero-order chi connectivity index (χ0) is 19.5. The number of nitriles is 1. The van der Waals surface area contributed by atoms with Crippen molar-refractivity contribution < 1.29 is 10.2 Å². The van der Waals surface area contributed by atoms with Crippen LogP contribution in [0.15, 0.2) is 72.8 Å². The number of rotatable bonds is 4. The molecule has 3 aromatic carbocycles. The van der Waals surface area contributed by atoms with Gasteiger partial charge in [-0.05, 0) is 47.5 Å². The quantitative estimate of drug-likeness (QED) is 0.415. The van der Waals surface area contributed by atoms with E-state index < -0.39 is 0 Å². The number of benzene rings is 3. The van der Waals surface area contributed by atoms with E-state index in [1.807, 2.05) is 42.5 Å². The molecule has 4 aromatic rings. The minimum Gasteiger partial charge on any atom is -0.508 e. The predicted octanol–water partition coefficient (Wildman–Crippen LogP) is 4.77. The van der Waals surface area contributed by atoms with Crippen LogP contribution in [0.2, 0.25) is 0 Å². The van der Waals surface area contributed by atoms with E-state index in [2.05, 4.69) is 21.6 Å². The average molecular weight is 368 g/mol. The lowest BCUT2D eigenvalue weighted by molar-refractivity contribution is 0.452. The van der Waals surface area contributed by atoms with Crippen LogP contribution < -0.4 is 5.32 Å². The molecule has 0 aliphatic heterocycles. The number of anilines is 2. The van der Waals surface area contributed by atoms with E-state index in [-0.39, 0.29) is 11.5 Å². The summed E-state index contributed by atoms with van der Waals surface area (Å²) < 4.78 is 0. The molecule has 1 heterocycles. The Kier molecular flexibility index (Phi) is 4.40. The highest BCUT2D eigenvalue weighted by atomic mass is 16.3. The molecule has 1 aromatic heterocycles. The summed E-state index contributed by atoms with van der Waals surface area (Å²) in [7, 11) is 0. The molecule has 0 atom stereocenters. The van der Waals surface area contributed by atoms with Gasteiger partial charge in [-0.15, -0.1) is 0 Å². The highest BCUT2D eigenvalue weighted by Gasteiger charge is 2.08. The molecular formula is C22H16N4O2. The van der Waals surface area contributed by atoms with Crippen molar-refractivity contribution in [2.24, 2.45) is 0 Å². The molecule has 0 aliphatic rings. The highest BCUT2D eigenvalue weighted by molar-refractivity contribution is 5.74. The standard InChI is InChI=1S/C22H16N4O2/c23-13-14-1-7-17(8-2-14)24-22-12-20(25-26-22)16-5-3-15(4-6-16)19-10-9-18(27)11-21(19)28/h1-12,27-28H,(H2,24,25,26). The van der Waals surface area contributed by atoms with Gasteiger partial charge in [-0.25, -0.2) is 0 Å². The molecule has 4 rings (SSSR count). The van der Waals surface area contributed by atoms with Gasteiger partial charge < -0.3 is 15.5 Å². The summed E-state index contributed by atoms with van der Waals surface area (Å²) in [5.74, 6) is 0.723. The minimum atomic E-state index is 0.0256. The van der Waals surface area contributed by atoms with Crippen LogP contribution in [0.4, 0.5) is 11.5 Å². The number of hydrogen-bond acceptors (Lipinski definition) is 5. The molecule has 6 nitrogen and oxygen atoms in total. The number of hydrogen-bond donors (Lipinski definition) is 4. The number of H-pyrrole nitrogens is 1. The highest BCUT2D eigenvalue weighted by Crippen LogP contribution is 2.33. The maximum absolute atomic E-state index is 10.0. The molecule has 0 fully saturated rings. The molecular weight excluding hydrogens is 352 g/mol. The number of nitrogens with zero attached hydrogens (tertiary/aromatic N) is 2. The van der Waals surface area contributed by atoms with Gasteiger partial charge in [-0.1, -0.05) is 24.3 Å². The van der Waals surface area contributed by atoms with Crippen LogP contribution in [-0.4, -0.2) is 20.4 Å². The van der Waals surface area contributed by atoms with Crippen LogP contribution >= 0.6 is 0 Å². The molecule has 0 aliphatic carbocycles. The molecule has 0 spiro atoms. The third kappa shape index (κ3) is 3.50. The van der Waals surface area contributed by atoms with Crippen LogP contribution in [0.5, 0.6) is 11.5 Å². The van der Waals surface area contributed by atoms with E-state index in [0.717, 1.165) is 22.5 Å². The normalized spacial score (nSPS) is 10.4. The molecule has 136 valence electrons. The lowest BCUT2D eigenvalue weighted by atomic mass is 10.0. The Labute approximate surface area is 161 Å². The van der Waals surface area contributed by atoms with Crippen molar-refractivity contribution in [3.05, 3.63) is 78.4 Å². The summed E-state index contributed by atoms with van der Waals surface area (Å²) in [6, 6.07) is 23.3. The van der Waals surface area contributed by atoms with Gasteiger partial charge in [-0.3, -0.25) is 5.10 Å². The average Bonchev–Trinajstić information content (AvgIpc) is 3.17. The Bertz CT molecular complexity index is 1160. The first-order valence-corrected chi connectivity index (χ1v) is 8.58. The van der Waals surface area contributed by atoms with Crippen molar-refractivity contribution in [2.75, 3.05) is 5.32 Å². The fourth-order valence-corrected chi connectivity index (χ4v) is 2.90. The van der Waals surface area contributed by atoms with E-state index in [1.54, 1.807) is 24.3 Å². The molecule has 0 saturated carbocycles. The summed E-state index contributed by atoms with van der Waals surface area (Å²) in [6.45, 7) is 0. The lowest BCUT2D eigenvalue weighted by Gasteiger charge is -2.06. The van der Waals surface area contributed by atoms with Crippen LogP contribution in [0.1, 0.15) is 5.56 Å². The second-order valence-corrected chi connectivity index (χ2v) is 6.26. The van der Waals surface area contributed by atoms with E-state index in [0.29, 0.717) is 16.9 Å². The van der Waals surface area contributed by atoms with Crippen LogP contribution in [0.3, 0.4) is 0 Å². The fourth-order valence-electron chi connectivity index (χ4n) is 2.90. The van der Waals surface area contributed by atoms with E-state index in [1.165, 1.54) is 6.07 Å². The molecule has 0 radical (unpaired) electrons. The largest absolute Gasteiger partial charge is 0.508 e. The predicted molar refractivity (Wildman–Crippen MR) is 107 cm³/mol. The van der Waals surface area contributed by atoms with E-state index >= 15 is 0 Å². The second-order valence-electron chi connectivity index (χ2n) is 6.26. The SMILES string of the molecule is N#Cc1ccc(Nc2cc(-c3ccc(-c4ccc(O)cc4O)cc3)[nH]n2)cc1. The van der Waals surface area contributed by atoms with Crippen molar-refractivity contribution in [2.45, 2.75) is 0 Å². The topological polar surface area (TPSA) is 105 Å². The third-order valence-electron chi connectivity index (χ3n) is 4.35. The minimum absolute atomic E-state index is 0.0256. The summed E-state index contributed by atoms with van der Waals surface area (Å²) in [4.78, 5) is 0. The van der Waals surface area contributed by atoms with Gasteiger partial charge in [0, 0.05) is 23.4 Å². The second kappa shape index (κ2) is 7.17. The zero-order valence-electron chi connectivity index (χ0n) is 14.7. The first-order valence-electron chi connectivity index (χ1n) is 8.58. The van der Waals surface area contributed by atoms with Crippen molar-refractivity contribution in [3.8, 4) is 40.0 Å². The Morgan fingerprint density at radius 1 is 0.857 bits per heavy atom. The monoisotopic (exact) mass is 368 g/mol. The molecule has 0 saturated heterocycles.